The van der Waals surface area contributed by atoms with Crippen molar-refractivity contribution in [1.29, 1.82) is 0 Å². The molecule has 1 fully saturated rings. The van der Waals surface area contributed by atoms with Crippen molar-refractivity contribution in [2.45, 2.75) is 18.5 Å². The van der Waals surface area contributed by atoms with Crippen LogP contribution in [0.2, 0.25) is 0 Å². The van der Waals surface area contributed by atoms with Crippen molar-refractivity contribution in [2.75, 3.05) is 27.2 Å². The lowest BCUT2D eigenvalue weighted by Gasteiger charge is -2.29. The molecule has 0 amide bonds. The number of nitro benzene ring substituents is 1. The third kappa shape index (κ3) is 4.49. The van der Waals surface area contributed by atoms with Crippen molar-refractivity contribution in [3.05, 3.63) is 88.5 Å². The summed E-state index contributed by atoms with van der Waals surface area (Å²) in [6.45, 7) is 1.74. The number of rotatable bonds is 8. The van der Waals surface area contributed by atoms with Crippen LogP contribution in [0.3, 0.4) is 0 Å². The maximum Gasteiger partial charge on any atom is 0.271 e. The summed E-state index contributed by atoms with van der Waals surface area (Å²) in [5, 5.41) is 15.5. The van der Waals surface area contributed by atoms with E-state index in [0.29, 0.717) is 5.11 Å². The van der Waals surface area contributed by atoms with E-state index in [0.717, 1.165) is 36.6 Å². The lowest BCUT2D eigenvalue weighted by atomic mass is 10.0. The zero-order chi connectivity index (χ0) is 22.7. The van der Waals surface area contributed by atoms with Gasteiger partial charge < -0.3 is 19.7 Å². The Morgan fingerprint density at radius 2 is 2.03 bits per heavy atom. The highest BCUT2D eigenvalue weighted by Crippen LogP contribution is 2.39. The first-order valence-electron chi connectivity index (χ1n) is 10.5. The molecular formula is C23H26N6O2S. The molecule has 1 aliphatic rings. The molecule has 1 aliphatic heterocycles. The maximum absolute atomic E-state index is 11.3. The molecule has 166 valence electrons. The second-order valence-corrected chi connectivity index (χ2v) is 8.44. The number of non-ortho nitro benzene ring substituents is 1. The summed E-state index contributed by atoms with van der Waals surface area (Å²) in [5.41, 5.74) is 2.71. The number of benzene rings is 1. The van der Waals surface area contributed by atoms with Crippen molar-refractivity contribution in [1.82, 2.24) is 24.7 Å². The minimum absolute atomic E-state index is 0.0614. The molecule has 0 spiro atoms. The van der Waals surface area contributed by atoms with Gasteiger partial charge in [-0.2, -0.15) is 0 Å². The first-order valence-corrected chi connectivity index (χ1v) is 10.9. The van der Waals surface area contributed by atoms with E-state index in [9.17, 15) is 10.1 Å². The zero-order valence-corrected chi connectivity index (χ0v) is 18.9. The monoisotopic (exact) mass is 450 g/mol. The predicted octanol–water partition coefficient (Wildman–Crippen LogP) is 3.70. The van der Waals surface area contributed by atoms with Crippen LogP contribution in [-0.4, -0.2) is 56.6 Å². The van der Waals surface area contributed by atoms with E-state index in [-0.39, 0.29) is 22.7 Å². The van der Waals surface area contributed by atoms with Crippen LogP contribution < -0.4 is 5.32 Å². The molecule has 0 saturated carbocycles. The Kier molecular flexibility index (Phi) is 6.48. The van der Waals surface area contributed by atoms with Gasteiger partial charge in [0.15, 0.2) is 5.11 Å². The van der Waals surface area contributed by atoms with Gasteiger partial charge in [0.05, 0.1) is 28.4 Å². The summed E-state index contributed by atoms with van der Waals surface area (Å²) >= 11 is 5.74. The van der Waals surface area contributed by atoms with Crippen LogP contribution in [0.1, 0.15) is 29.9 Å². The number of nitro groups is 1. The van der Waals surface area contributed by atoms with Gasteiger partial charge in [-0.25, -0.2) is 0 Å². The SMILES string of the molecule is CN(C)CCCN1C(=S)N[C@@H](c2ccccn2)[C@@H]1c1cccn1-c1cccc([N+](=O)[O-])c1. The van der Waals surface area contributed by atoms with Gasteiger partial charge in [0, 0.05) is 36.8 Å². The fourth-order valence-electron chi connectivity index (χ4n) is 4.15. The van der Waals surface area contributed by atoms with E-state index in [4.69, 9.17) is 12.2 Å². The molecule has 0 radical (unpaired) electrons. The lowest BCUT2D eigenvalue weighted by Crippen LogP contribution is -2.33. The molecule has 1 saturated heterocycles. The van der Waals surface area contributed by atoms with Crippen molar-refractivity contribution >= 4 is 23.0 Å². The van der Waals surface area contributed by atoms with Crippen LogP contribution in [0.4, 0.5) is 5.69 Å². The third-order valence-electron chi connectivity index (χ3n) is 5.60. The molecule has 3 heterocycles. The van der Waals surface area contributed by atoms with Gasteiger partial charge in [0.2, 0.25) is 0 Å². The summed E-state index contributed by atoms with van der Waals surface area (Å²) in [5.74, 6) is 0. The first kappa shape index (κ1) is 21.9. The molecule has 2 aromatic heterocycles. The van der Waals surface area contributed by atoms with Gasteiger partial charge in [-0.3, -0.25) is 15.1 Å². The molecule has 3 aromatic rings. The third-order valence-corrected chi connectivity index (χ3v) is 5.96. The highest BCUT2D eigenvalue weighted by atomic mass is 32.1. The minimum Gasteiger partial charge on any atom is -0.352 e. The predicted molar refractivity (Wildman–Crippen MR) is 128 cm³/mol. The van der Waals surface area contributed by atoms with Crippen LogP contribution in [0.25, 0.3) is 5.69 Å². The summed E-state index contributed by atoms with van der Waals surface area (Å²) in [6.07, 6.45) is 4.67. The Labute approximate surface area is 192 Å². The van der Waals surface area contributed by atoms with E-state index in [2.05, 4.69) is 34.2 Å². The Morgan fingerprint density at radius 1 is 1.19 bits per heavy atom. The molecule has 4 rings (SSSR count). The van der Waals surface area contributed by atoms with Gasteiger partial charge >= 0.3 is 0 Å². The van der Waals surface area contributed by atoms with Gasteiger partial charge in [0.25, 0.3) is 5.69 Å². The molecule has 1 aromatic carbocycles. The number of thiocarbonyl (C=S) groups is 1. The Morgan fingerprint density at radius 3 is 2.75 bits per heavy atom. The number of hydrogen-bond acceptors (Lipinski definition) is 5. The summed E-state index contributed by atoms with van der Waals surface area (Å²) in [6, 6.07) is 16.3. The fourth-order valence-corrected chi connectivity index (χ4v) is 4.48. The average molecular weight is 451 g/mol. The zero-order valence-electron chi connectivity index (χ0n) is 18.1. The molecule has 1 N–H and O–H groups in total. The summed E-state index contributed by atoms with van der Waals surface area (Å²) < 4.78 is 2.00. The molecule has 32 heavy (non-hydrogen) atoms. The fraction of sp³-hybridized carbons (Fsp3) is 0.304. The number of nitrogens with zero attached hydrogens (tertiary/aromatic N) is 5. The highest BCUT2D eigenvalue weighted by Gasteiger charge is 2.41. The van der Waals surface area contributed by atoms with Crippen LogP contribution in [-0.2, 0) is 0 Å². The van der Waals surface area contributed by atoms with E-state index in [1.807, 2.05) is 47.2 Å². The molecule has 2 atom stereocenters. The smallest absolute Gasteiger partial charge is 0.271 e. The van der Waals surface area contributed by atoms with Gasteiger partial charge in [-0.05, 0) is 69.6 Å². The maximum atomic E-state index is 11.3. The Balaban J connectivity index is 1.75. The summed E-state index contributed by atoms with van der Waals surface area (Å²) in [7, 11) is 4.12. The quantitative estimate of drug-likeness (QED) is 0.318. The Bertz CT molecular complexity index is 1100. The van der Waals surface area contributed by atoms with Crippen molar-refractivity contribution in [2.24, 2.45) is 0 Å². The van der Waals surface area contributed by atoms with Crippen molar-refractivity contribution < 1.29 is 4.92 Å². The standard InChI is InChI=1S/C23H26N6O2S/c1-26(2)13-7-15-28-22(21(25-23(28)32)19-10-3-4-12-24-19)20-11-6-14-27(20)17-8-5-9-18(16-17)29(30)31/h3-6,8-12,14,16,21-22H,7,13,15H2,1-2H3,(H,25,32)/t21-,22-/m0/s1. The summed E-state index contributed by atoms with van der Waals surface area (Å²) in [4.78, 5) is 19.9. The van der Waals surface area contributed by atoms with Gasteiger partial charge in [-0.15, -0.1) is 0 Å². The van der Waals surface area contributed by atoms with Crippen LogP contribution in [0.15, 0.2) is 67.0 Å². The van der Waals surface area contributed by atoms with Crippen molar-refractivity contribution in [3.63, 3.8) is 0 Å². The number of nitrogens with one attached hydrogen (secondary N) is 1. The van der Waals surface area contributed by atoms with Crippen LogP contribution in [0, 0.1) is 10.1 Å². The number of hydrogen-bond donors (Lipinski definition) is 1. The van der Waals surface area contributed by atoms with E-state index in [1.165, 1.54) is 6.07 Å². The molecule has 9 heteroatoms. The molecule has 0 unspecified atom stereocenters. The molecule has 8 nitrogen and oxygen atoms in total. The van der Waals surface area contributed by atoms with Crippen LogP contribution in [0.5, 0.6) is 0 Å². The number of pyridine rings is 1. The second-order valence-electron chi connectivity index (χ2n) is 8.06. The van der Waals surface area contributed by atoms with Gasteiger partial charge in [0.1, 0.15) is 0 Å². The highest BCUT2D eigenvalue weighted by molar-refractivity contribution is 7.80. The Hall–Kier alpha value is -3.30. The largest absolute Gasteiger partial charge is 0.352 e. The molecule has 0 bridgehead atoms. The first-order chi connectivity index (χ1) is 15.5. The van der Waals surface area contributed by atoms with E-state index >= 15 is 0 Å². The molecular weight excluding hydrogens is 424 g/mol. The lowest BCUT2D eigenvalue weighted by molar-refractivity contribution is -0.384. The minimum atomic E-state index is -0.372. The molecule has 0 aliphatic carbocycles. The van der Waals surface area contributed by atoms with E-state index < -0.39 is 0 Å². The van der Waals surface area contributed by atoms with Gasteiger partial charge in [-0.1, -0.05) is 12.1 Å². The average Bonchev–Trinajstić information content (AvgIpc) is 3.39. The topological polar surface area (TPSA) is 79.5 Å². The van der Waals surface area contributed by atoms with Crippen LogP contribution >= 0.6 is 12.2 Å². The van der Waals surface area contributed by atoms with E-state index in [1.54, 1.807) is 18.3 Å². The number of aromatic nitrogens is 2. The normalized spacial score (nSPS) is 18.2. The van der Waals surface area contributed by atoms with Crippen molar-refractivity contribution in [3.8, 4) is 5.69 Å². The second kappa shape index (κ2) is 9.46.